The maximum Gasteiger partial charge on any atom is 0.265 e. The molecule has 0 fully saturated rings. The van der Waals surface area contributed by atoms with Crippen LogP contribution in [-0.2, 0) is 17.1 Å². The Kier molecular flexibility index (Phi) is 4.88. The topological polar surface area (TPSA) is 94.6 Å². The number of aryl methyl sites for hydroxylation is 1. The molecule has 1 aromatic carbocycles. The molecule has 2 N–H and O–H groups in total. The summed E-state index contributed by atoms with van der Waals surface area (Å²) in [6.45, 7) is 0.658. The Bertz CT molecular complexity index is 959. The van der Waals surface area contributed by atoms with Gasteiger partial charge in [0.15, 0.2) is 0 Å². The van der Waals surface area contributed by atoms with Gasteiger partial charge < -0.3 is 15.0 Å². The molecule has 0 unspecified atom stereocenters. The number of ether oxygens (including phenoxy) is 1. The van der Waals surface area contributed by atoms with Crippen LogP contribution < -0.4 is 10.5 Å². The van der Waals surface area contributed by atoms with Crippen LogP contribution in [0.1, 0.15) is 22.5 Å². The second-order valence-corrected chi connectivity index (χ2v) is 8.05. The fourth-order valence-corrected chi connectivity index (χ4v) is 4.46. The molecule has 2 aromatic rings. The van der Waals surface area contributed by atoms with Gasteiger partial charge in [-0.2, -0.15) is 4.31 Å². The maximum absolute atomic E-state index is 12.8. The van der Waals surface area contributed by atoms with Gasteiger partial charge in [-0.15, -0.1) is 0 Å². The lowest BCUT2D eigenvalue weighted by molar-refractivity contribution is 0.0992. The molecule has 8 heteroatoms. The molecule has 0 saturated heterocycles. The smallest absolute Gasteiger partial charge is 0.265 e. The van der Waals surface area contributed by atoms with Crippen molar-refractivity contribution >= 4 is 21.5 Å². The molecule has 0 atom stereocenters. The highest BCUT2D eigenvalue weighted by Gasteiger charge is 2.28. The van der Waals surface area contributed by atoms with Crippen molar-refractivity contribution in [1.29, 1.82) is 0 Å². The maximum atomic E-state index is 12.8. The number of nitrogens with two attached hydrogens (primary N) is 1. The number of carbonyl (C=O) groups is 1. The molecule has 138 valence electrons. The third-order valence-electron chi connectivity index (χ3n) is 4.50. The van der Waals surface area contributed by atoms with Crippen LogP contribution in [0.2, 0.25) is 0 Å². The summed E-state index contributed by atoms with van der Waals surface area (Å²) in [5, 5.41) is 0. The van der Waals surface area contributed by atoms with E-state index in [1.54, 1.807) is 14.2 Å². The van der Waals surface area contributed by atoms with Crippen molar-refractivity contribution in [2.75, 3.05) is 20.2 Å². The minimum absolute atomic E-state index is 0.0788. The monoisotopic (exact) mass is 375 g/mol. The highest BCUT2D eigenvalue weighted by Crippen LogP contribution is 2.27. The van der Waals surface area contributed by atoms with Crippen molar-refractivity contribution in [2.45, 2.75) is 11.3 Å². The first kappa shape index (κ1) is 18.2. The minimum atomic E-state index is -3.67. The number of rotatable bonds is 5. The van der Waals surface area contributed by atoms with E-state index in [2.05, 4.69) is 0 Å². The number of aromatic nitrogens is 1. The summed E-state index contributed by atoms with van der Waals surface area (Å²) in [6, 6.07) is 9.01. The summed E-state index contributed by atoms with van der Waals surface area (Å²) in [5.41, 5.74) is 7.58. The van der Waals surface area contributed by atoms with Crippen LogP contribution >= 0.6 is 0 Å². The van der Waals surface area contributed by atoms with Crippen LogP contribution in [0.5, 0.6) is 5.75 Å². The highest BCUT2D eigenvalue weighted by molar-refractivity contribution is 7.89. The molecule has 7 nitrogen and oxygen atoms in total. The van der Waals surface area contributed by atoms with Gasteiger partial charge >= 0.3 is 0 Å². The van der Waals surface area contributed by atoms with Gasteiger partial charge in [-0.25, -0.2) is 8.42 Å². The largest absolute Gasteiger partial charge is 0.497 e. The Morgan fingerprint density at radius 3 is 2.42 bits per heavy atom. The lowest BCUT2D eigenvalue weighted by Gasteiger charge is -2.25. The molecule has 1 aliphatic heterocycles. The predicted octanol–water partition coefficient (Wildman–Crippen LogP) is 1.61. The Hall–Kier alpha value is -2.58. The van der Waals surface area contributed by atoms with Gasteiger partial charge in [0.25, 0.3) is 5.91 Å². The fraction of sp³-hybridized carbons (Fsp3) is 0.278. The van der Waals surface area contributed by atoms with E-state index in [1.807, 2.05) is 30.3 Å². The molecule has 3 rings (SSSR count). The van der Waals surface area contributed by atoms with E-state index >= 15 is 0 Å². The van der Waals surface area contributed by atoms with Gasteiger partial charge in [-0.05, 0) is 35.8 Å². The summed E-state index contributed by atoms with van der Waals surface area (Å²) < 4.78 is 33.6. The molecule has 1 aliphatic rings. The Morgan fingerprint density at radius 1 is 1.23 bits per heavy atom. The lowest BCUT2D eigenvalue weighted by Crippen LogP contribution is -2.34. The van der Waals surface area contributed by atoms with Crippen molar-refractivity contribution in [1.82, 2.24) is 8.87 Å². The zero-order valence-electron chi connectivity index (χ0n) is 14.7. The van der Waals surface area contributed by atoms with Crippen LogP contribution in [0, 0.1) is 0 Å². The van der Waals surface area contributed by atoms with Gasteiger partial charge in [0.05, 0.1) is 7.11 Å². The van der Waals surface area contributed by atoms with Gasteiger partial charge in [-0.1, -0.05) is 18.2 Å². The van der Waals surface area contributed by atoms with Crippen molar-refractivity contribution in [3.8, 4) is 5.75 Å². The molecular formula is C18H21N3O4S. The van der Waals surface area contributed by atoms with E-state index in [9.17, 15) is 13.2 Å². The third-order valence-corrected chi connectivity index (χ3v) is 6.33. The zero-order chi connectivity index (χ0) is 18.9. The van der Waals surface area contributed by atoms with E-state index in [1.165, 1.54) is 21.1 Å². The summed E-state index contributed by atoms with van der Waals surface area (Å²) in [6.07, 6.45) is 3.94. The number of amides is 1. The second kappa shape index (κ2) is 6.97. The summed E-state index contributed by atoms with van der Waals surface area (Å²) in [7, 11) is -0.463. The average Bonchev–Trinajstić information content (AvgIpc) is 3.05. The number of sulfonamides is 1. The van der Waals surface area contributed by atoms with Crippen molar-refractivity contribution in [2.24, 2.45) is 12.8 Å². The second-order valence-electron chi connectivity index (χ2n) is 6.11. The summed E-state index contributed by atoms with van der Waals surface area (Å²) in [5.74, 6) is 0.123. The molecule has 2 heterocycles. The van der Waals surface area contributed by atoms with Gasteiger partial charge in [0.2, 0.25) is 10.0 Å². The Morgan fingerprint density at radius 2 is 1.92 bits per heavy atom. The van der Waals surface area contributed by atoms with Crippen molar-refractivity contribution in [3.05, 3.63) is 53.9 Å². The normalized spacial score (nSPS) is 15.5. The predicted molar refractivity (Wildman–Crippen MR) is 98.3 cm³/mol. The van der Waals surface area contributed by atoms with Crippen LogP contribution in [0.15, 0.2) is 47.5 Å². The van der Waals surface area contributed by atoms with Crippen LogP contribution in [0.3, 0.4) is 0 Å². The van der Waals surface area contributed by atoms with E-state index in [4.69, 9.17) is 10.5 Å². The molecular weight excluding hydrogens is 354 g/mol. The van der Waals surface area contributed by atoms with Gasteiger partial charge in [0, 0.05) is 26.3 Å². The molecule has 1 amide bonds. The first-order valence-corrected chi connectivity index (χ1v) is 9.56. The Balaban J connectivity index is 1.80. The molecule has 0 radical (unpaired) electrons. The van der Waals surface area contributed by atoms with Gasteiger partial charge in [0.1, 0.15) is 16.3 Å². The number of nitrogens with zero attached hydrogens (tertiary/aromatic N) is 2. The van der Waals surface area contributed by atoms with Crippen molar-refractivity contribution < 1.29 is 17.9 Å². The molecule has 0 aliphatic carbocycles. The lowest BCUT2D eigenvalue weighted by atomic mass is 10.0. The zero-order valence-corrected chi connectivity index (χ0v) is 15.5. The van der Waals surface area contributed by atoms with E-state index in [0.717, 1.165) is 16.9 Å². The number of hydrogen-bond donors (Lipinski definition) is 1. The average molecular weight is 375 g/mol. The first-order chi connectivity index (χ1) is 12.3. The van der Waals surface area contributed by atoms with Crippen LogP contribution in [0.25, 0.3) is 5.57 Å². The van der Waals surface area contributed by atoms with E-state index in [0.29, 0.717) is 13.0 Å². The Labute approximate surface area is 152 Å². The summed E-state index contributed by atoms with van der Waals surface area (Å²) >= 11 is 0. The number of benzene rings is 1. The number of methoxy groups -OCH3 is 1. The quantitative estimate of drug-likeness (QED) is 0.859. The number of carbonyl (C=O) groups excluding carboxylic acids is 1. The minimum Gasteiger partial charge on any atom is -0.497 e. The SMILES string of the molecule is COc1ccc(C2=CCN(S(=O)(=O)c3cc(C(N)=O)n(C)c3)CC2)cc1. The van der Waals surface area contributed by atoms with Gasteiger partial charge in [-0.3, -0.25) is 4.79 Å². The van der Waals surface area contributed by atoms with Crippen molar-refractivity contribution in [3.63, 3.8) is 0 Å². The third kappa shape index (κ3) is 3.38. The molecule has 26 heavy (non-hydrogen) atoms. The first-order valence-electron chi connectivity index (χ1n) is 8.12. The van der Waals surface area contributed by atoms with E-state index in [-0.39, 0.29) is 17.1 Å². The standard InChI is InChI=1S/C18H21N3O4S/c1-20-12-16(11-17(20)18(19)22)26(23,24)21-9-7-14(8-10-21)13-3-5-15(25-2)6-4-13/h3-7,11-12H,8-10H2,1-2H3,(H2,19,22). The van der Waals surface area contributed by atoms with Crippen LogP contribution in [0.4, 0.5) is 0 Å². The number of primary amides is 1. The van der Waals surface area contributed by atoms with E-state index < -0.39 is 15.9 Å². The fourth-order valence-electron chi connectivity index (χ4n) is 3.01. The molecule has 0 saturated carbocycles. The highest BCUT2D eigenvalue weighted by atomic mass is 32.2. The molecule has 0 spiro atoms. The van der Waals surface area contributed by atoms with Crippen LogP contribution in [-0.4, -0.2) is 43.4 Å². The molecule has 0 bridgehead atoms. The number of hydrogen-bond acceptors (Lipinski definition) is 4. The summed E-state index contributed by atoms with van der Waals surface area (Å²) in [4.78, 5) is 11.4. The molecule has 1 aromatic heterocycles.